The maximum absolute atomic E-state index is 13.0. The summed E-state index contributed by atoms with van der Waals surface area (Å²) in [6, 6.07) is 13.8. The Morgan fingerprint density at radius 3 is 2.45 bits per heavy atom. The highest BCUT2D eigenvalue weighted by Gasteiger charge is 2.37. The van der Waals surface area contributed by atoms with Crippen LogP contribution in [0.1, 0.15) is 23.8 Å². The zero-order valence-electron chi connectivity index (χ0n) is 17.8. The predicted molar refractivity (Wildman–Crippen MR) is 120 cm³/mol. The van der Waals surface area contributed by atoms with Gasteiger partial charge in [0.15, 0.2) is 0 Å². The number of hydrogen-bond donors (Lipinski definition) is 1. The SMILES string of the molecule is CCc1ccc(N2C(=O)NC(=O)C(=Cc3ccc(-c4ccc(C)c([N+](=O)[O-])c4)o3)C2=O)cc1. The Labute approximate surface area is 188 Å². The largest absolute Gasteiger partial charge is 0.457 e. The highest BCUT2D eigenvalue weighted by Crippen LogP contribution is 2.29. The lowest BCUT2D eigenvalue weighted by molar-refractivity contribution is -0.385. The number of carbonyl (C=O) groups excluding carboxylic acids is 3. The van der Waals surface area contributed by atoms with E-state index in [-0.39, 0.29) is 17.0 Å². The van der Waals surface area contributed by atoms with Crippen LogP contribution in [-0.4, -0.2) is 22.8 Å². The van der Waals surface area contributed by atoms with E-state index in [1.807, 2.05) is 6.92 Å². The van der Waals surface area contributed by atoms with Gasteiger partial charge < -0.3 is 4.42 Å². The minimum atomic E-state index is -0.838. The number of aryl methyl sites for hydroxylation is 2. The van der Waals surface area contributed by atoms with E-state index >= 15 is 0 Å². The molecular formula is C24H19N3O6. The number of amides is 4. The van der Waals surface area contributed by atoms with Crippen molar-refractivity contribution in [3.63, 3.8) is 0 Å². The van der Waals surface area contributed by atoms with E-state index in [2.05, 4.69) is 5.32 Å². The van der Waals surface area contributed by atoms with Crippen LogP contribution >= 0.6 is 0 Å². The lowest BCUT2D eigenvalue weighted by Crippen LogP contribution is -2.54. The van der Waals surface area contributed by atoms with E-state index in [0.29, 0.717) is 22.6 Å². The summed E-state index contributed by atoms with van der Waals surface area (Å²) in [4.78, 5) is 49.3. The first-order valence-electron chi connectivity index (χ1n) is 10.1. The molecule has 0 aliphatic carbocycles. The Bertz CT molecular complexity index is 1320. The van der Waals surface area contributed by atoms with Crippen LogP contribution < -0.4 is 10.2 Å². The number of furan rings is 1. The van der Waals surface area contributed by atoms with E-state index < -0.39 is 22.8 Å². The summed E-state index contributed by atoms with van der Waals surface area (Å²) in [5.41, 5.74) is 2.04. The molecule has 0 atom stereocenters. The quantitative estimate of drug-likeness (QED) is 0.269. The second-order valence-corrected chi connectivity index (χ2v) is 7.44. The van der Waals surface area contributed by atoms with Crippen LogP contribution in [0.2, 0.25) is 0 Å². The summed E-state index contributed by atoms with van der Waals surface area (Å²) in [5, 5.41) is 13.4. The standard InChI is InChI=1S/C24H19N3O6/c1-3-15-5-8-17(9-6-15)26-23(29)19(22(28)25-24(26)30)13-18-10-11-21(33-18)16-7-4-14(2)20(12-16)27(31)32/h4-13H,3H2,1-2H3,(H,25,28,30). The number of nitrogens with one attached hydrogen (secondary N) is 1. The second-order valence-electron chi connectivity index (χ2n) is 7.44. The van der Waals surface area contributed by atoms with Crippen molar-refractivity contribution < 1.29 is 23.7 Å². The molecule has 0 saturated carbocycles. The van der Waals surface area contributed by atoms with E-state index in [1.54, 1.807) is 49.4 Å². The van der Waals surface area contributed by atoms with Crippen LogP contribution in [0.4, 0.5) is 16.2 Å². The van der Waals surface area contributed by atoms with E-state index in [0.717, 1.165) is 16.9 Å². The van der Waals surface area contributed by atoms with Crippen LogP contribution in [0, 0.1) is 17.0 Å². The van der Waals surface area contributed by atoms with Crippen molar-refractivity contribution in [3.8, 4) is 11.3 Å². The molecule has 2 heterocycles. The highest BCUT2D eigenvalue weighted by atomic mass is 16.6. The van der Waals surface area contributed by atoms with Crippen molar-refractivity contribution in [1.82, 2.24) is 5.32 Å². The second kappa shape index (κ2) is 8.54. The first kappa shape index (κ1) is 21.7. The minimum Gasteiger partial charge on any atom is -0.457 e. The van der Waals surface area contributed by atoms with Crippen LogP contribution in [-0.2, 0) is 16.0 Å². The summed E-state index contributed by atoms with van der Waals surface area (Å²) >= 11 is 0. The zero-order chi connectivity index (χ0) is 23.7. The fourth-order valence-electron chi connectivity index (χ4n) is 3.46. The molecule has 0 bridgehead atoms. The molecule has 9 nitrogen and oxygen atoms in total. The van der Waals surface area contributed by atoms with Gasteiger partial charge in [0, 0.05) is 17.2 Å². The third-order valence-electron chi connectivity index (χ3n) is 5.31. The van der Waals surface area contributed by atoms with Crippen molar-refractivity contribution in [2.75, 3.05) is 4.90 Å². The molecule has 1 fully saturated rings. The Balaban J connectivity index is 1.66. The number of hydrogen-bond acceptors (Lipinski definition) is 6. The molecule has 3 aromatic rings. The van der Waals surface area contributed by atoms with E-state index in [1.165, 1.54) is 18.2 Å². The van der Waals surface area contributed by atoms with Crippen LogP contribution in [0.25, 0.3) is 17.4 Å². The van der Waals surface area contributed by atoms with Gasteiger partial charge in [0.05, 0.1) is 10.6 Å². The van der Waals surface area contributed by atoms with Gasteiger partial charge >= 0.3 is 6.03 Å². The molecule has 0 spiro atoms. The molecular weight excluding hydrogens is 426 g/mol. The van der Waals surface area contributed by atoms with Gasteiger partial charge in [0.1, 0.15) is 17.1 Å². The van der Waals surface area contributed by atoms with Crippen molar-refractivity contribution in [2.24, 2.45) is 0 Å². The minimum absolute atomic E-state index is 0.0473. The zero-order valence-corrected chi connectivity index (χ0v) is 17.8. The number of rotatable bonds is 5. The van der Waals surface area contributed by atoms with E-state index in [4.69, 9.17) is 4.42 Å². The molecule has 1 aliphatic heterocycles. The Hall–Kier alpha value is -4.53. The molecule has 1 aliphatic rings. The van der Waals surface area contributed by atoms with Crippen molar-refractivity contribution in [3.05, 3.63) is 87.2 Å². The van der Waals surface area contributed by atoms with Crippen molar-refractivity contribution in [1.29, 1.82) is 0 Å². The summed E-state index contributed by atoms with van der Waals surface area (Å²) in [6.45, 7) is 3.62. The first-order chi connectivity index (χ1) is 15.8. The average Bonchev–Trinajstić information content (AvgIpc) is 3.26. The molecule has 1 N–H and O–H groups in total. The average molecular weight is 445 g/mol. The molecule has 4 rings (SSSR count). The summed E-state index contributed by atoms with van der Waals surface area (Å²) < 4.78 is 5.71. The van der Waals surface area contributed by atoms with Gasteiger partial charge in [0.25, 0.3) is 17.5 Å². The molecule has 4 amide bonds. The maximum atomic E-state index is 13.0. The van der Waals surface area contributed by atoms with Gasteiger partial charge in [-0.15, -0.1) is 0 Å². The lowest BCUT2D eigenvalue weighted by Gasteiger charge is -2.26. The van der Waals surface area contributed by atoms with Crippen LogP contribution in [0.15, 0.2) is 64.6 Å². The third-order valence-corrected chi connectivity index (χ3v) is 5.31. The molecule has 0 radical (unpaired) electrons. The third kappa shape index (κ3) is 4.16. The number of nitro benzene ring substituents is 1. The number of barbiturate groups is 1. The topological polar surface area (TPSA) is 123 Å². The van der Waals surface area contributed by atoms with Gasteiger partial charge in [-0.25, -0.2) is 9.69 Å². The summed E-state index contributed by atoms with van der Waals surface area (Å²) in [7, 11) is 0. The predicted octanol–water partition coefficient (Wildman–Crippen LogP) is 4.39. The molecule has 9 heteroatoms. The molecule has 33 heavy (non-hydrogen) atoms. The van der Waals surface area contributed by atoms with Gasteiger partial charge in [0.2, 0.25) is 0 Å². The maximum Gasteiger partial charge on any atom is 0.335 e. The Morgan fingerprint density at radius 1 is 1.06 bits per heavy atom. The molecule has 1 aromatic heterocycles. The molecule has 2 aromatic carbocycles. The molecule has 0 unspecified atom stereocenters. The molecule has 166 valence electrons. The number of anilines is 1. The number of nitrogens with zero attached hydrogens (tertiary/aromatic N) is 2. The normalized spacial score (nSPS) is 15.2. The van der Waals surface area contributed by atoms with Gasteiger partial charge in [-0.05, 0) is 49.2 Å². The van der Waals surface area contributed by atoms with Crippen molar-refractivity contribution >= 4 is 35.3 Å². The fraction of sp³-hybridized carbons (Fsp3) is 0.125. The summed E-state index contributed by atoms with van der Waals surface area (Å²) in [6.07, 6.45) is 2.04. The van der Waals surface area contributed by atoms with Crippen LogP contribution in [0.5, 0.6) is 0 Å². The van der Waals surface area contributed by atoms with Gasteiger partial charge in [-0.2, -0.15) is 0 Å². The number of benzene rings is 2. The van der Waals surface area contributed by atoms with Gasteiger partial charge in [-0.3, -0.25) is 25.0 Å². The Morgan fingerprint density at radius 2 is 1.79 bits per heavy atom. The number of carbonyl (C=O) groups is 3. The fourth-order valence-corrected chi connectivity index (χ4v) is 3.46. The summed E-state index contributed by atoms with van der Waals surface area (Å²) in [5.74, 6) is -1.11. The first-order valence-corrected chi connectivity index (χ1v) is 10.1. The smallest absolute Gasteiger partial charge is 0.335 e. The Kier molecular flexibility index (Phi) is 5.61. The van der Waals surface area contributed by atoms with Crippen molar-refractivity contribution in [2.45, 2.75) is 20.3 Å². The van der Waals surface area contributed by atoms with E-state index in [9.17, 15) is 24.5 Å². The highest BCUT2D eigenvalue weighted by molar-refractivity contribution is 6.39. The number of imide groups is 2. The number of nitro groups is 1. The monoisotopic (exact) mass is 445 g/mol. The van der Waals surface area contributed by atoms with Crippen LogP contribution in [0.3, 0.4) is 0 Å². The molecule has 1 saturated heterocycles. The van der Waals surface area contributed by atoms with Gasteiger partial charge in [-0.1, -0.05) is 31.2 Å². The number of urea groups is 1. The lowest BCUT2D eigenvalue weighted by atomic mass is 10.1.